The predicted molar refractivity (Wildman–Crippen MR) is 93.8 cm³/mol. The number of aromatic hydroxyl groups is 2. The van der Waals surface area contributed by atoms with Crippen LogP contribution < -0.4 is 5.63 Å². The Morgan fingerprint density at radius 3 is 2.72 bits per heavy atom. The topological polar surface area (TPSA) is 107 Å². The van der Waals surface area contributed by atoms with Gasteiger partial charge >= 0.3 is 5.63 Å². The van der Waals surface area contributed by atoms with Gasteiger partial charge in [-0.1, -0.05) is 0 Å². The highest BCUT2D eigenvalue weighted by atomic mass is 32.2. The third kappa shape index (κ3) is 3.30. The van der Waals surface area contributed by atoms with Crippen molar-refractivity contribution in [1.82, 2.24) is 4.98 Å². The number of phenols is 2. The summed E-state index contributed by atoms with van der Waals surface area (Å²) in [7, 11) is 0. The molecule has 126 valence electrons. The normalized spacial score (nSPS) is 10.8. The third-order valence-electron chi connectivity index (χ3n) is 3.68. The van der Waals surface area contributed by atoms with E-state index in [1.165, 1.54) is 30.0 Å². The molecule has 0 fully saturated rings. The Kier molecular flexibility index (Phi) is 4.38. The number of aromatic nitrogens is 1. The number of phenolic OH excluding ortho intramolecular Hbond substituents is 2. The van der Waals surface area contributed by atoms with Crippen molar-refractivity contribution in [1.29, 1.82) is 5.26 Å². The molecule has 0 bridgehead atoms. The van der Waals surface area contributed by atoms with Crippen molar-refractivity contribution < 1.29 is 14.6 Å². The number of hydrogen-bond donors (Lipinski definition) is 2. The van der Waals surface area contributed by atoms with Gasteiger partial charge in [0.2, 0.25) is 0 Å². The van der Waals surface area contributed by atoms with Crippen LogP contribution in [0.3, 0.4) is 0 Å². The monoisotopic (exact) mass is 354 g/mol. The second-order valence-electron chi connectivity index (χ2n) is 5.59. The van der Waals surface area contributed by atoms with Crippen LogP contribution in [0.4, 0.5) is 0 Å². The van der Waals surface area contributed by atoms with E-state index in [9.17, 15) is 20.3 Å². The Labute approximate surface area is 147 Å². The van der Waals surface area contributed by atoms with Gasteiger partial charge in [-0.15, -0.1) is 11.8 Å². The lowest BCUT2D eigenvalue weighted by molar-refractivity contribution is 0.451. The van der Waals surface area contributed by atoms with Gasteiger partial charge in [-0.05, 0) is 31.0 Å². The number of benzene rings is 1. The molecule has 0 saturated heterocycles. The third-order valence-corrected chi connectivity index (χ3v) is 4.70. The number of rotatable bonds is 3. The Bertz CT molecular complexity index is 1080. The van der Waals surface area contributed by atoms with Crippen LogP contribution in [0.2, 0.25) is 0 Å². The van der Waals surface area contributed by atoms with E-state index in [0.29, 0.717) is 27.3 Å². The summed E-state index contributed by atoms with van der Waals surface area (Å²) in [6, 6.07) is 7.74. The van der Waals surface area contributed by atoms with Crippen LogP contribution in [0, 0.1) is 25.2 Å². The first-order valence-electron chi connectivity index (χ1n) is 7.39. The summed E-state index contributed by atoms with van der Waals surface area (Å²) in [5.41, 5.74) is 2.19. The number of nitriles is 1. The van der Waals surface area contributed by atoms with Gasteiger partial charge in [0, 0.05) is 29.6 Å². The lowest BCUT2D eigenvalue weighted by Gasteiger charge is -2.09. The lowest BCUT2D eigenvalue weighted by atomic mass is 10.1. The Morgan fingerprint density at radius 2 is 2.00 bits per heavy atom. The number of pyridine rings is 1. The van der Waals surface area contributed by atoms with E-state index >= 15 is 0 Å². The highest BCUT2D eigenvalue weighted by molar-refractivity contribution is 7.98. The number of hydrogen-bond acceptors (Lipinski definition) is 7. The van der Waals surface area contributed by atoms with E-state index < -0.39 is 5.63 Å². The molecule has 1 aromatic carbocycles. The zero-order valence-electron chi connectivity index (χ0n) is 13.5. The molecule has 0 aliphatic rings. The maximum absolute atomic E-state index is 11.8. The van der Waals surface area contributed by atoms with E-state index in [-0.39, 0.29) is 17.1 Å². The highest BCUT2D eigenvalue weighted by Crippen LogP contribution is 2.35. The maximum atomic E-state index is 11.8. The number of thioether (sulfide) groups is 1. The van der Waals surface area contributed by atoms with Gasteiger partial charge in [-0.3, -0.25) is 0 Å². The van der Waals surface area contributed by atoms with Gasteiger partial charge in [0.25, 0.3) is 0 Å². The summed E-state index contributed by atoms with van der Waals surface area (Å²) in [6.45, 7) is 3.69. The van der Waals surface area contributed by atoms with Gasteiger partial charge in [0.1, 0.15) is 28.2 Å². The van der Waals surface area contributed by atoms with Crippen molar-refractivity contribution in [2.24, 2.45) is 0 Å². The average molecular weight is 354 g/mol. The van der Waals surface area contributed by atoms with Crippen molar-refractivity contribution in [3.63, 3.8) is 0 Å². The number of nitrogens with zero attached hydrogens (tertiary/aromatic N) is 2. The van der Waals surface area contributed by atoms with Crippen molar-refractivity contribution in [3.05, 3.63) is 57.1 Å². The number of fused-ring (bicyclic) bond motifs is 1. The Balaban J connectivity index is 2.06. The first-order valence-corrected chi connectivity index (χ1v) is 8.37. The molecule has 0 saturated carbocycles. The molecular weight excluding hydrogens is 340 g/mol. The van der Waals surface area contributed by atoms with Crippen molar-refractivity contribution in [2.75, 3.05) is 0 Å². The minimum absolute atomic E-state index is 0.106. The molecule has 3 aromatic rings. The van der Waals surface area contributed by atoms with Crippen molar-refractivity contribution >= 4 is 22.7 Å². The fourth-order valence-corrected chi connectivity index (χ4v) is 3.72. The fraction of sp³-hybridized carbons (Fsp3) is 0.167. The zero-order chi connectivity index (χ0) is 18.1. The second-order valence-corrected chi connectivity index (χ2v) is 6.55. The van der Waals surface area contributed by atoms with Crippen LogP contribution in [0.5, 0.6) is 11.5 Å². The molecule has 3 rings (SSSR count). The summed E-state index contributed by atoms with van der Waals surface area (Å²) >= 11 is 1.30. The quantitative estimate of drug-likeness (QED) is 0.548. The summed E-state index contributed by atoms with van der Waals surface area (Å²) in [5, 5.41) is 29.9. The minimum atomic E-state index is -0.581. The second kappa shape index (κ2) is 6.49. The molecule has 7 heteroatoms. The summed E-state index contributed by atoms with van der Waals surface area (Å²) in [6.07, 6.45) is 0. The molecule has 0 unspecified atom stereocenters. The minimum Gasteiger partial charge on any atom is -0.508 e. The molecular formula is C18H14N2O4S. The summed E-state index contributed by atoms with van der Waals surface area (Å²) < 4.78 is 5.05. The van der Waals surface area contributed by atoms with Crippen LogP contribution in [0.25, 0.3) is 11.0 Å². The molecule has 6 nitrogen and oxygen atoms in total. The van der Waals surface area contributed by atoms with Gasteiger partial charge in [-0.25, -0.2) is 9.78 Å². The van der Waals surface area contributed by atoms with E-state index in [4.69, 9.17) is 4.42 Å². The van der Waals surface area contributed by atoms with Crippen LogP contribution in [0.1, 0.15) is 22.4 Å². The SMILES string of the molecule is Cc1cc(C)c(C#N)c(SCc2cc(=O)oc3cc(O)cc(O)c23)n1. The molecule has 0 spiro atoms. The highest BCUT2D eigenvalue weighted by Gasteiger charge is 2.14. The molecule has 0 aliphatic heterocycles. The summed E-state index contributed by atoms with van der Waals surface area (Å²) in [4.78, 5) is 16.2. The van der Waals surface area contributed by atoms with Crippen LogP contribution in [0.15, 0.2) is 38.5 Å². The van der Waals surface area contributed by atoms with Crippen LogP contribution >= 0.6 is 11.8 Å². The van der Waals surface area contributed by atoms with E-state index in [1.807, 2.05) is 19.9 Å². The van der Waals surface area contributed by atoms with Gasteiger partial charge in [-0.2, -0.15) is 5.26 Å². The van der Waals surface area contributed by atoms with E-state index in [0.717, 1.165) is 11.3 Å². The van der Waals surface area contributed by atoms with Gasteiger partial charge in [0.05, 0.1) is 10.9 Å². The smallest absolute Gasteiger partial charge is 0.336 e. The van der Waals surface area contributed by atoms with E-state index in [1.54, 1.807) is 0 Å². The first-order chi connectivity index (χ1) is 11.9. The number of aryl methyl sites for hydroxylation is 2. The van der Waals surface area contributed by atoms with E-state index in [2.05, 4.69) is 11.1 Å². The Morgan fingerprint density at radius 1 is 1.24 bits per heavy atom. The fourth-order valence-electron chi connectivity index (χ4n) is 2.65. The lowest BCUT2D eigenvalue weighted by Crippen LogP contribution is -2.01. The zero-order valence-corrected chi connectivity index (χ0v) is 14.3. The molecule has 2 heterocycles. The maximum Gasteiger partial charge on any atom is 0.336 e. The van der Waals surface area contributed by atoms with Crippen LogP contribution in [-0.4, -0.2) is 15.2 Å². The van der Waals surface area contributed by atoms with Crippen molar-refractivity contribution in [3.8, 4) is 17.6 Å². The largest absolute Gasteiger partial charge is 0.508 e. The molecule has 2 aromatic heterocycles. The van der Waals surface area contributed by atoms with Gasteiger partial charge in [0.15, 0.2) is 0 Å². The first kappa shape index (κ1) is 16.9. The molecule has 0 aliphatic carbocycles. The van der Waals surface area contributed by atoms with Crippen molar-refractivity contribution in [2.45, 2.75) is 24.6 Å². The molecule has 25 heavy (non-hydrogen) atoms. The summed E-state index contributed by atoms with van der Waals surface area (Å²) in [5.74, 6) is -0.0608. The predicted octanol–water partition coefficient (Wildman–Crippen LogP) is 3.38. The standard InChI is InChI=1S/C18H14N2O4S/c1-9-3-10(2)20-18(13(9)7-19)25-8-11-4-16(23)24-15-6-12(21)5-14(22)17(11)15/h3-6,21-22H,8H2,1-2H3. The van der Waals surface area contributed by atoms with Crippen LogP contribution in [-0.2, 0) is 5.75 Å². The Hall–Kier alpha value is -2.98. The molecule has 0 amide bonds. The molecule has 0 atom stereocenters. The molecule has 2 N–H and O–H groups in total. The average Bonchev–Trinajstić information content (AvgIpc) is 2.51. The van der Waals surface area contributed by atoms with Gasteiger partial charge < -0.3 is 14.6 Å². The molecule has 0 radical (unpaired) electrons.